The molecule has 1 aliphatic carbocycles. The van der Waals surface area contributed by atoms with E-state index in [1.807, 2.05) is 25.1 Å². The Hall–Kier alpha value is -3.69. The molecule has 1 saturated heterocycles. The van der Waals surface area contributed by atoms with Crippen LogP contribution in [-0.2, 0) is 11.1 Å². The summed E-state index contributed by atoms with van der Waals surface area (Å²) in [6.45, 7) is 1.90. The quantitative estimate of drug-likeness (QED) is 0.455. The highest BCUT2D eigenvalue weighted by Gasteiger charge is 2.55. The molecule has 3 aromatic heterocycles. The van der Waals surface area contributed by atoms with Crippen molar-refractivity contribution in [2.75, 3.05) is 4.90 Å². The van der Waals surface area contributed by atoms with Crippen LogP contribution in [0, 0.1) is 18.8 Å². The Bertz CT molecular complexity index is 1390. The number of fused-ring (bicyclic) bond motifs is 1. The second-order valence-electron chi connectivity index (χ2n) is 8.69. The third kappa shape index (κ3) is 3.20. The van der Waals surface area contributed by atoms with Gasteiger partial charge in [0.1, 0.15) is 0 Å². The topological polar surface area (TPSA) is 79.7 Å². The molecule has 1 saturated carbocycles. The second-order valence-corrected chi connectivity index (χ2v) is 8.69. The number of aromatic amines is 1. The van der Waals surface area contributed by atoms with Crippen molar-refractivity contribution in [3.8, 4) is 11.3 Å². The van der Waals surface area contributed by atoms with E-state index >= 15 is 0 Å². The van der Waals surface area contributed by atoms with Crippen molar-refractivity contribution >= 4 is 22.6 Å². The van der Waals surface area contributed by atoms with Crippen molar-refractivity contribution < 1.29 is 18.0 Å². The highest BCUT2D eigenvalue weighted by molar-refractivity contribution is 6.04. The van der Waals surface area contributed by atoms with Gasteiger partial charge >= 0.3 is 6.30 Å². The van der Waals surface area contributed by atoms with Gasteiger partial charge in [-0.3, -0.25) is 9.78 Å². The van der Waals surface area contributed by atoms with Crippen molar-refractivity contribution in [2.24, 2.45) is 11.8 Å². The molecule has 6 rings (SSSR count). The fraction of sp³-hybridized carbons (Fsp3) is 0.304. The lowest BCUT2D eigenvalue weighted by atomic mass is 9.77. The van der Waals surface area contributed by atoms with Crippen LogP contribution in [0.2, 0.25) is 0 Å². The van der Waals surface area contributed by atoms with E-state index in [1.54, 1.807) is 23.5 Å². The maximum Gasteiger partial charge on any atom is 0.504 e. The van der Waals surface area contributed by atoms with Crippen molar-refractivity contribution in [1.29, 1.82) is 0 Å². The van der Waals surface area contributed by atoms with Crippen LogP contribution < -0.4 is 4.90 Å². The predicted molar refractivity (Wildman–Crippen MR) is 114 cm³/mol. The molecule has 2 fully saturated rings. The molecular weight excluding hydrogens is 433 g/mol. The number of nitrogens with one attached hydrogen (secondary N) is 1. The van der Waals surface area contributed by atoms with E-state index in [-0.39, 0.29) is 28.1 Å². The van der Waals surface area contributed by atoms with Crippen LogP contribution in [0.1, 0.15) is 30.0 Å². The van der Waals surface area contributed by atoms with Crippen LogP contribution >= 0.6 is 0 Å². The third-order valence-electron chi connectivity index (χ3n) is 6.56. The zero-order valence-corrected chi connectivity index (χ0v) is 17.5. The number of alkyl halides is 3. The molecule has 1 aliphatic heterocycles. The van der Waals surface area contributed by atoms with E-state index in [1.165, 1.54) is 0 Å². The minimum Gasteiger partial charge on any atom is -0.345 e. The summed E-state index contributed by atoms with van der Waals surface area (Å²) in [6, 6.07) is 7.29. The molecule has 2 atom stereocenters. The minimum absolute atomic E-state index is 0.0338. The molecule has 0 radical (unpaired) electrons. The standard InChI is InChI=1S/C23H19F3N6O/c1-12-6-18(14-8-30-31(10-14)23(24,25)26)27-9-16(12)21-20(13-2-3-13)22(33)32(21)15-4-5-17-19(7-15)29-11-28-17/h4-11,13,20-21H,2-3H2,1H3,(H,28,29). The number of aryl methyl sites for hydroxylation is 1. The number of benzene rings is 1. The molecule has 1 aromatic carbocycles. The van der Waals surface area contributed by atoms with Crippen molar-refractivity contribution in [3.05, 3.63) is 60.3 Å². The summed E-state index contributed by atoms with van der Waals surface area (Å²) in [6.07, 6.45) is 2.85. The summed E-state index contributed by atoms with van der Waals surface area (Å²) in [5, 5.41) is 3.39. The van der Waals surface area contributed by atoms with Gasteiger partial charge in [-0.25, -0.2) is 4.98 Å². The Morgan fingerprint density at radius 1 is 1.12 bits per heavy atom. The zero-order valence-electron chi connectivity index (χ0n) is 17.5. The maximum atomic E-state index is 13.2. The number of amides is 1. The number of nitrogens with zero attached hydrogens (tertiary/aromatic N) is 5. The number of hydrogen-bond donors (Lipinski definition) is 1. The van der Waals surface area contributed by atoms with Crippen molar-refractivity contribution in [3.63, 3.8) is 0 Å². The van der Waals surface area contributed by atoms with Crippen LogP contribution in [-0.4, -0.2) is 30.6 Å². The molecular formula is C23H19F3N6O. The van der Waals surface area contributed by atoms with Gasteiger partial charge in [0.25, 0.3) is 0 Å². The number of H-pyrrole nitrogens is 1. The van der Waals surface area contributed by atoms with E-state index in [0.29, 0.717) is 11.6 Å². The Labute approximate surface area is 186 Å². The van der Waals surface area contributed by atoms with Crippen LogP contribution in [0.5, 0.6) is 0 Å². The van der Waals surface area contributed by atoms with E-state index in [2.05, 4.69) is 20.1 Å². The van der Waals surface area contributed by atoms with Gasteiger partial charge in [0.2, 0.25) is 5.91 Å². The lowest BCUT2D eigenvalue weighted by Crippen LogP contribution is -2.56. The van der Waals surface area contributed by atoms with Gasteiger partial charge in [0.15, 0.2) is 0 Å². The molecule has 0 bridgehead atoms. The molecule has 10 heteroatoms. The molecule has 2 aliphatic rings. The number of β-lactam (4-membered cyclic amide) rings is 1. The number of hydrogen-bond acceptors (Lipinski definition) is 4. The Morgan fingerprint density at radius 2 is 1.94 bits per heavy atom. The number of imidazole rings is 1. The third-order valence-corrected chi connectivity index (χ3v) is 6.56. The van der Waals surface area contributed by atoms with Gasteiger partial charge in [-0.2, -0.15) is 9.78 Å². The molecule has 0 spiro atoms. The minimum atomic E-state index is -4.58. The van der Waals surface area contributed by atoms with Gasteiger partial charge in [0.05, 0.1) is 41.2 Å². The number of carbonyl (C=O) groups is 1. The first-order valence-corrected chi connectivity index (χ1v) is 10.7. The maximum absolute atomic E-state index is 13.2. The lowest BCUT2D eigenvalue weighted by molar-refractivity contribution is -0.212. The van der Waals surface area contributed by atoms with Crippen LogP contribution in [0.4, 0.5) is 18.9 Å². The van der Waals surface area contributed by atoms with Crippen LogP contribution in [0.3, 0.4) is 0 Å². The number of aromatic nitrogens is 5. The molecule has 1 amide bonds. The van der Waals surface area contributed by atoms with Gasteiger partial charge in [0, 0.05) is 23.6 Å². The van der Waals surface area contributed by atoms with E-state index < -0.39 is 6.30 Å². The lowest BCUT2D eigenvalue weighted by Gasteiger charge is -2.48. The molecule has 4 aromatic rings. The Kier molecular flexibility index (Phi) is 4.17. The van der Waals surface area contributed by atoms with E-state index in [0.717, 1.165) is 53.1 Å². The molecule has 1 N–H and O–H groups in total. The molecule has 7 nitrogen and oxygen atoms in total. The largest absolute Gasteiger partial charge is 0.504 e. The van der Waals surface area contributed by atoms with Crippen LogP contribution in [0.25, 0.3) is 22.3 Å². The Morgan fingerprint density at radius 3 is 2.64 bits per heavy atom. The average molecular weight is 452 g/mol. The monoisotopic (exact) mass is 452 g/mol. The molecule has 33 heavy (non-hydrogen) atoms. The smallest absolute Gasteiger partial charge is 0.345 e. The first-order chi connectivity index (χ1) is 15.8. The number of anilines is 1. The highest BCUT2D eigenvalue weighted by Crippen LogP contribution is 2.54. The van der Waals surface area contributed by atoms with Crippen molar-refractivity contribution in [1.82, 2.24) is 24.7 Å². The van der Waals surface area contributed by atoms with Gasteiger partial charge in [-0.15, -0.1) is 13.2 Å². The number of pyridine rings is 1. The first kappa shape index (κ1) is 20.0. The fourth-order valence-electron chi connectivity index (χ4n) is 4.74. The Balaban J connectivity index is 1.37. The molecule has 168 valence electrons. The molecule has 4 heterocycles. The van der Waals surface area contributed by atoms with Crippen molar-refractivity contribution in [2.45, 2.75) is 32.1 Å². The molecule has 2 unspecified atom stereocenters. The number of carbonyl (C=O) groups excluding carboxylic acids is 1. The summed E-state index contributed by atoms with van der Waals surface area (Å²) < 4.78 is 38.7. The summed E-state index contributed by atoms with van der Waals surface area (Å²) in [5.74, 6) is 0.337. The summed E-state index contributed by atoms with van der Waals surface area (Å²) >= 11 is 0. The normalized spacial score (nSPS) is 21.0. The van der Waals surface area contributed by atoms with Crippen LogP contribution in [0.15, 0.2) is 49.2 Å². The van der Waals surface area contributed by atoms with Gasteiger partial charge in [-0.1, -0.05) is 0 Å². The van der Waals surface area contributed by atoms with E-state index in [9.17, 15) is 18.0 Å². The van der Waals surface area contributed by atoms with Gasteiger partial charge < -0.3 is 9.88 Å². The number of rotatable bonds is 4. The zero-order chi connectivity index (χ0) is 22.9. The predicted octanol–water partition coefficient (Wildman–Crippen LogP) is 4.72. The SMILES string of the molecule is Cc1cc(-c2cnn(C(F)(F)F)c2)ncc1C1C(C2CC2)C(=O)N1c1ccc2[nH]cnc2c1. The second kappa shape index (κ2) is 6.90. The summed E-state index contributed by atoms with van der Waals surface area (Å²) in [4.78, 5) is 26.7. The first-order valence-electron chi connectivity index (χ1n) is 10.7. The summed E-state index contributed by atoms with van der Waals surface area (Å²) in [5.41, 5.74) is 4.91. The summed E-state index contributed by atoms with van der Waals surface area (Å²) in [7, 11) is 0. The average Bonchev–Trinajstić information content (AvgIpc) is 3.25. The fourth-order valence-corrected chi connectivity index (χ4v) is 4.74. The van der Waals surface area contributed by atoms with E-state index in [4.69, 9.17) is 0 Å². The number of halogens is 3. The van der Waals surface area contributed by atoms with Gasteiger partial charge in [-0.05, 0) is 61.1 Å². The highest BCUT2D eigenvalue weighted by atomic mass is 19.4.